The van der Waals surface area contributed by atoms with E-state index in [0.717, 1.165) is 58.3 Å². The molecule has 12 heteroatoms. The maximum atomic E-state index is 9.18. The molecule has 1 aliphatic heterocycles. The van der Waals surface area contributed by atoms with Crippen molar-refractivity contribution in [2.45, 2.75) is 26.8 Å². The number of morpholine rings is 1. The van der Waals surface area contributed by atoms with Crippen LogP contribution < -0.4 is 10.6 Å². The first kappa shape index (κ1) is 30.5. The Morgan fingerprint density at radius 1 is 1.00 bits per heavy atom. The Hall–Kier alpha value is -3.48. The van der Waals surface area contributed by atoms with E-state index in [0.29, 0.717) is 5.82 Å². The lowest BCUT2D eigenvalue weighted by Crippen LogP contribution is -2.36. The molecule has 12 nitrogen and oxygen atoms in total. The van der Waals surface area contributed by atoms with Crippen molar-refractivity contribution in [3.63, 3.8) is 0 Å². The van der Waals surface area contributed by atoms with Gasteiger partial charge in [-0.25, -0.2) is 4.98 Å². The van der Waals surface area contributed by atoms with Crippen LogP contribution in [0, 0.1) is 0 Å². The fourth-order valence-corrected chi connectivity index (χ4v) is 2.78. The van der Waals surface area contributed by atoms with Gasteiger partial charge in [-0.2, -0.15) is 0 Å². The molecule has 0 radical (unpaired) electrons. The summed E-state index contributed by atoms with van der Waals surface area (Å²) in [5, 5.41) is 31.4. The number of aromatic nitrogens is 2. The summed E-state index contributed by atoms with van der Waals surface area (Å²) >= 11 is 0. The van der Waals surface area contributed by atoms with Crippen molar-refractivity contribution in [1.29, 1.82) is 0 Å². The maximum Gasteiger partial charge on any atom is 0.300 e. The molecule has 2 heterocycles. The number of hydrogen-bond acceptors (Lipinski definition) is 8. The average molecular weight is 483 g/mol. The van der Waals surface area contributed by atoms with Crippen LogP contribution in [-0.4, -0.2) is 80.8 Å². The fraction of sp³-hybridized carbons (Fsp3) is 0.455. The smallest absolute Gasteiger partial charge is 0.300 e. The third kappa shape index (κ3) is 12.5. The van der Waals surface area contributed by atoms with E-state index in [1.165, 1.54) is 5.69 Å². The van der Waals surface area contributed by atoms with Gasteiger partial charge in [0.2, 0.25) is 0 Å². The molecule has 0 aliphatic carbocycles. The molecule has 1 aliphatic rings. The third-order valence-electron chi connectivity index (χ3n) is 4.09. The molecule has 0 unspecified atom stereocenters. The van der Waals surface area contributed by atoms with Gasteiger partial charge in [-0.05, 0) is 17.7 Å². The van der Waals surface area contributed by atoms with Crippen molar-refractivity contribution in [2.75, 3.05) is 37.8 Å². The molecule has 6 N–H and O–H groups in total. The molecule has 0 spiro atoms. The summed E-state index contributed by atoms with van der Waals surface area (Å²) in [6, 6.07) is 7.98. The van der Waals surface area contributed by atoms with Crippen LogP contribution in [-0.2, 0) is 26.2 Å². The fourth-order valence-electron chi connectivity index (χ4n) is 2.78. The van der Waals surface area contributed by atoms with Crippen LogP contribution in [0.2, 0.25) is 0 Å². The molecule has 2 aromatic rings. The number of hydrogen-bond donors (Lipinski definition) is 5. The lowest BCUT2D eigenvalue weighted by Gasteiger charge is -2.28. The van der Waals surface area contributed by atoms with Gasteiger partial charge in [0, 0.05) is 46.6 Å². The standard InChI is InChI=1S/C16H22N4O2.3C2H4O2/c1-19-15(10-18-16(19)14(17)11-21)12-2-4-13(5-3-12)20-6-8-22-9-7-20;3*1-2(3)4/h2-5,10,14,21H,6-9,11,17H2,1H3;3*1H3,(H,3,4)/t14-;;;/m0.../s1. The summed E-state index contributed by atoms with van der Waals surface area (Å²) in [6.07, 6.45) is 1.80. The Morgan fingerprint density at radius 2 is 1.44 bits per heavy atom. The van der Waals surface area contributed by atoms with Crippen molar-refractivity contribution in [1.82, 2.24) is 9.55 Å². The number of nitrogens with two attached hydrogens (primary N) is 1. The first-order chi connectivity index (χ1) is 15.9. The topological polar surface area (TPSA) is 188 Å². The van der Waals surface area contributed by atoms with Crippen LogP contribution in [0.4, 0.5) is 5.69 Å². The van der Waals surface area contributed by atoms with E-state index in [-0.39, 0.29) is 6.61 Å². The van der Waals surface area contributed by atoms with Crippen molar-refractivity contribution in [3.8, 4) is 11.3 Å². The van der Waals surface area contributed by atoms with Crippen molar-refractivity contribution in [2.24, 2.45) is 12.8 Å². The number of rotatable bonds is 4. The van der Waals surface area contributed by atoms with Crippen molar-refractivity contribution < 1.29 is 39.5 Å². The minimum Gasteiger partial charge on any atom is -0.481 e. The van der Waals surface area contributed by atoms with Gasteiger partial charge in [-0.1, -0.05) is 12.1 Å². The van der Waals surface area contributed by atoms with Crippen LogP contribution in [0.25, 0.3) is 11.3 Å². The first-order valence-electron chi connectivity index (χ1n) is 10.3. The van der Waals surface area contributed by atoms with E-state index in [4.69, 9.17) is 40.2 Å². The lowest BCUT2D eigenvalue weighted by atomic mass is 10.1. The maximum absolute atomic E-state index is 9.18. The average Bonchev–Trinajstić information content (AvgIpc) is 3.14. The highest BCUT2D eigenvalue weighted by Gasteiger charge is 2.15. The molecule has 1 atom stereocenters. The van der Waals surface area contributed by atoms with E-state index in [9.17, 15) is 5.11 Å². The molecule has 0 saturated carbocycles. The van der Waals surface area contributed by atoms with Gasteiger partial charge in [0.05, 0.1) is 37.8 Å². The zero-order chi connectivity index (χ0) is 26.3. The monoisotopic (exact) mass is 482 g/mol. The largest absolute Gasteiger partial charge is 0.481 e. The van der Waals surface area contributed by atoms with Gasteiger partial charge in [-0.3, -0.25) is 14.4 Å². The van der Waals surface area contributed by atoms with Gasteiger partial charge in [0.25, 0.3) is 17.9 Å². The summed E-state index contributed by atoms with van der Waals surface area (Å²) in [7, 11) is 1.92. The Kier molecular flexibility index (Phi) is 14.5. The predicted octanol–water partition coefficient (Wildman–Crippen LogP) is 1.19. The summed E-state index contributed by atoms with van der Waals surface area (Å²) in [4.78, 5) is 33.6. The number of anilines is 1. The number of nitrogens with zero attached hydrogens (tertiary/aromatic N) is 3. The number of benzene rings is 1. The highest BCUT2D eigenvalue weighted by atomic mass is 16.5. The molecule has 190 valence electrons. The summed E-state index contributed by atoms with van der Waals surface area (Å²) in [5.74, 6) is -1.81. The number of carboxylic acid groups (broad SMARTS) is 3. The summed E-state index contributed by atoms with van der Waals surface area (Å²) in [6.45, 7) is 6.57. The lowest BCUT2D eigenvalue weighted by molar-refractivity contribution is -0.135. The van der Waals surface area contributed by atoms with Crippen LogP contribution in [0.15, 0.2) is 30.5 Å². The third-order valence-corrected chi connectivity index (χ3v) is 4.09. The zero-order valence-corrected chi connectivity index (χ0v) is 19.8. The molecule has 0 amide bonds. The molecule has 3 rings (SSSR count). The Labute approximate surface area is 198 Å². The number of aliphatic carboxylic acids is 3. The summed E-state index contributed by atoms with van der Waals surface area (Å²) < 4.78 is 7.32. The molecule has 1 fully saturated rings. The summed E-state index contributed by atoms with van der Waals surface area (Å²) in [5.41, 5.74) is 9.15. The predicted molar refractivity (Wildman–Crippen MR) is 126 cm³/mol. The van der Waals surface area contributed by atoms with Gasteiger partial charge >= 0.3 is 0 Å². The van der Waals surface area contributed by atoms with Crippen LogP contribution in [0.3, 0.4) is 0 Å². The zero-order valence-electron chi connectivity index (χ0n) is 19.8. The number of imidazole rings is 1. The van der Waals surface area contributed by atoms with Crippen molar-refractivity contribution >= 4 is 23.6 Å². The van der Waals surface area contributed by atoms with Gasteiger partial charge in [0.15, 0.2) is 0 Å². The normalized spacial score (nSPS) is 13.1. The Bertz CT molecular complexity index is 852. The molecule has 34 heavy (non-hydrogen) atoms. The molecule has 1 aromatic heterocycles. The second-order valence-corrected chi connectivity index (χ2v) is 7.05. The number of aliphatic hydroxyl groups excluding tert-OH is 1. The first-order valence-corrected chi connectivity index (χ1v) is 10.3. The number of aliphatic hydroxyl groups is 1. The van der Waals surface area contributed by atoms with E-state index >= 15 is 0 Å². The van der Waals surface area contributed by atoms with Crippen LogP contribution >= 0.6 is 0 Å². The molecule has 1 saturated heterocycles. The Morgan fingerprint density at radius 3 is 1.85 bits per heavy atom. The van der Waals surface area contributed by atoms with E-state index in [1.807, 2.05) is 11.6 Å². The van der Waals surface area contributed by atoms with Gasteiger partial charge in [-0.15, -0.1) is 0 Å². The minimum atomic E-state index is -0.833. The number of carbonyl (C=O) groups is 3. The minimum absolute atomic E-state index is 0.111. The van der Waals surface area contributed by atoms with Crippen molar-refractivity contribution in [3.05, 3.63) is 36.3 Å². The Balaban J connectivity index is 0.000000759. The molecule has 1 aromatic carbocycles. The van der Waals surface area contributed by atoms with Crippen LogP contribution in [0.5, 0.6) is 0 Å². The number of ether oxygens (including phenoxy) is 1. The highest BCUT2D eigenvalue weighted by Crippen LogP contribution is 2.25. The van der Waals surface area contributed by atoms with E-state index in [1.54, 1.807) is 6.20 Å². The highest BCUT2D eigenvalue weighted by molar-refractivity contribution is 5.64. The molecule has 0 bridgehead atoms. The van der Waals surface area contributed by atoms with Gasteiger partial charge < -0.3 is 40.4 Å². The number of carboxylic acids is 3. The molecular formula is C22H34N4O8. The van der Waals surface area contributed by atoms with Gasteiger partial charge in [0.1, 0.15) is 5.82 Å². The second-order valence-electron chi connectivity index (χ2n) is 7.05. The quantitative estimate of drug-likeness (QED) is 0.421. The van der Waals surface area contributed by atoms with E-state index in [2.05, 4.69) is 34.1 Å². The SMILES string of the molecule is CC(=O)O.CC(=O)O.CC(=O)O.Cn1c(-c2ccc(N3CCOCC3)cc2)cnc1[C@@H](N)CO. The molecular weight excluding hydrogens is 448 g/mol. The van der Waals surface area contributed by atoms with E-state index < -0.39 is 23.9 Å². The van der Waals surface area contributed by atoms with Crippen LogP contribution in [0.1, 0.15) is 32.6 Å². The second kappa shape index (κ2) is 16.2.